The Kier molecular flexibility index (Phi) is 10.6. The molecule has 0 aliphatic carbocycles. The monoisotopic (exact) mass is 400 g/mol. The van der Waals surface area contributed by atoms with Gasteiger partial charge in [0.25, 0.3) is 0 Å². The van der Waals surface area contributed by atoms with E-state index in [9.17, 15) is 4.39 Å². The maximum Gasteiger partial charge on any atom is 0.161 e. The van der Waals surface area contributed by atoms with Gasteiger partial charge in [-0.2, -0.15) is 5.10 Å². The van der Waals surface area contributed by atoms with Crippen LogP contribution in [0.5, 0.6) is 11.5 Å². The lowest BCUT2D eigenvalue weighted by atomic mass is 10.1. The third-order valence-corrected chi connectivity index (χ3v) is 4.52. The van der Waals surface area contributed by atoms with Gasteiger partial charge in [-0.3, -0.25) is 5.43 Å². The highest BCUT2D eigenvalue weighted by Gasteiger charge is 2.06. The van der Waals surface area contributed by atoms with Gasteiger partial charge in [-0.25, -0.2) is 4.39 Å². The minimum absolute atomic E-state index is 0.270. The summed E-state index contributed by atoms with van der Waals surface area (Å²) in [5.41, 5.74) is 4.50. The number of hydrogen-bond donors (Lipinski definition) is 1. The summed E-state index contributed by atoms with van der Waals surface area (Å²) in [6, 6.07) is 11.8. The number of halogens is 1. The van der Waals surface area contributed by atoms with Crippen molar-refractivity contribution >= 4 is 11.9 Å². The molecule has 0 amide bonds. The molecule has 1 N–H and O–H groups in total. The Morgan fingerprint density at radius 1 is 0.862 bits per heavy atom. The lowest BCUT2D eigenvalue weighted by molar-refractivity contribution is 0.270. The molecule has 2 rings (SSSR count). The Hall–Kier alpha value is -2.56. The molecule has 0 fully saturated rings. The predicted octanol–water partition coefficient (Wildman–Crippen LogP) is 6.80. The summed E-state index contributed by atoms with van der Waals surface area (Å²) in [6.07, 6.45) is 10.5. The van der Waals surface area contributed by atoms with Crippen molar-refractivity contribution in [3.05, 3.63) is 53.8 Å². The summed E-state index contributed by atoms with van der Waals surface area (Å²) in [5.74, 6) is 1.22. The van der Waals surface area contributed by atoms with E-state index in [1.165, 1.54) is 50.7 Å². The third kappa shape index (κ3) is 8.99. The molecule has 0 heterocycles. The van der Waals surface area contributed by atoms with Gasteiger partial charge in [-0.05, 0) is 61.4 Å². The van der Waals surface area contributed by atoms with Gasteiger partial charge in [0.1, 0.15) is 5.82 Å². The Morgan fingerprint density at radius 3 is 2.31 bits per heavy atom. The topological polar surface area (TPSA) is 42.8 Å². The van der Waals surface area contributed by atoms with Crippen LogP contribution in [-0.4, -0.2) is 19.4 Å². The molecule has 4 nitrogen and oxygen atoms in total. The molecule has 0 saturated heterocycles. The second-order valence-electron chi connectivity index (χ2n) is 6.99. The van der Waals surface area contributed by atoms with E-state index in [2.05, 4.69) is 17.5 Å². The lowest BCUT2D eigenvalue weighted by Crippen LogP contribution is -2.02. The standard InChI is InChI=1S/C24H33FN2O2/c1-3-5-6-7-8-9-10-17-29-23-16-11-20(18-24(23)28-4-2)19-26-27-22-14-12-21(25)13-15-22/h11-16,18-19,27H,3-10,17H2,1-2H3/b26-19+. The van der Waals surface area contributed by atoms with Crippen molar-refractivity contribution in [3.8, 4) is 11.5 Å². The molecule has 0 spiro atoms. The molecule has 5 heteroatoms. The van der Waals surface area contributed by atoms with E-state index in [1.807, 2.05) is 25.1 Å². The average molecular weight is 401 g/mol. The third-order valence-electron chi connectivity index (χ3n) is 4.52. The van der Waals surface area contributed by atoms with Crippen molar-refractivity contribution in [1.29, 1.82) is 0 Å². The first-order chi connectivity index (χ1) is 14.2. The molecule has 0 aliphatic rings. The zero-order valence-corrected chi connectivity index (χ0v) is 17.6. The molecule has 2 aromatic carbocycles. The fraction of sp³-hybridized carbons (Fsp3) is 0.458. The van der Waals surface area contributed by atoms with Crippen LogP contribution in [0.2, 0.25) is 0 Å². The van der Waals surface area contributed by atoms with Gasteiger partial charge >= 0.3 is 0 Å². The van der Waals surface area contributed by atoms with Gasteiger partial charge in [0.05, 0.1) is 25.1 Å². The van der Waals surface area contributed by atoms with E-state index < -0.39 is 0 Å². The normalized spacial score (nSPS) is 11.0. The second-order valence-corrected chi connectivity index (χ2v) is 6.99. The first kappa shape index (κ1) is 22.7. The maximum absolute atomic E-state index is 12.9. The van der Waals surface area contributed by atoms with E-state index in [1.54, 1.807) is 18.3 Å². The number of nitrogens with one attached hydrogen (secondary N) is 1. The quantitative estimate of drug-likeness (QED) is 0.215. The largest absolute Gasteiger partial charge is 0.490 e. The lowest BCUT2D eigenvalue weighted by Gasteiger charge is -2.12. The highest BCUT2D eigenvalue weighted by Crippen LogP contribution is 2.28. The number of nitrogens with zero attached hydrogens (tertiary/aromatic N) is 1. The molecule has 0 bridgehead atoms. The minimum Gasteiger partial charge on any atom is -0.490 e. The van der Waals surface area contributed by atoms with Crippen LogP contribution >= 0.6 is 0 Å². The first-order valence-electron chi connectivity index (χ1n) is 10.7. The van der Waals surface area contributed by atoms with Gasteiger partial charge in [0, 0.05) is 0 Å². The van der Waals surface area contributed by atoms with Crippen molar-refractivity contribution in [2.45, 2.75) is 58.8 Å². The molecule has 29 heavy (non-hydrogen) atoms. The van der Waals surface area contributed by atoms with Crippen LogP contribution in [0, 0.1) is 5.82 Å². The summed E-state index contributed by atoms with van der Waals surface area (Å²) in [6.45, 7) is 5.47. The molecule has 2 aromatic rings. The summed E-state index contributed by atoms with van der Waals surface area (Å²) in [7, 11) is 0. The van der Waals surface area contributed by atoms with Crippen molar-refractivity contribution in [2.24, 2.45) is 5.10 Å². The van der Waals surface area contributed by atoms with Crippen LogP contribution in [0.3, 0.4) is 0 Å². The summed E-state index contributed by atoms with van der Waals surface area (Å²) >= 11 is 0. The molecule has 0 unspecified atom stereocenters. The SMILES string of the molecule is CCCCCCCCCOc1ccc(/C=N/Nc2ccc(F)cc2)cc1OCC. The van der Waals surface area contributed by atoms with Gasteiger partial charge < -0.3 is 9.47 Å². The van der Waals surface area contributed by atoms with Gasteiger partial charge in [0.2, 0.25) is 0 Å². The van der Waals surface area contributed by atoms with Crippen LogP contribution in [0.4, 0.5) is 10.1 Å². The number of ether oxygens (including phenoxy) is 2. The molecule has 158 valence electrons. The number of hydrogen-bond acceptors (Lipinski definition) is 4. The zero-order chi connectivity index (χ0) is 20.7. The minimum atomic E-state index is -0.270. The van der Waals surface area contributed by atoms with Crippen LogP contribution < -0.4 is 14.9 Å². The van der Waals surface area contributed by atoms with Crippen molar-refractivity contribution in [2.75, 3.05) is 18.6 Å². The molecule has 0 radical (unpaired) electrons. The van der Waals surface area contributed by atoms with Gasteiger partial charge in [-0.15, -0.1) is 0 Å². The van der Waals surface area contributed by atoms with E-state index in [0.29, 0.717) is 13.2 Å². The Balaban J connectivity index is 1.82. The fourth-order valence-electron chi connectivity index (χ4n) is 2.94. The Labute approximate surface area is 174 Å². The van der Waals surface area contributed by atoms with E-state index in [-0.39, 0.29) is 5.82 Å². The van der Waals surface area contributed by atoms with E-state index in [4.69, 9.17) is 9.47 Å². The second kappa shape index (κ2) is 13.6. The number of benzene rings is 2. The van der Waals surface area contributed by atoms with Crippen molar-refractivity contribution in [3.63, 3.8) is 0 Å². The predicted molar refractivity (Wildman–Crippen MR) is 119 cm³/mol. The van der Waals surface area contributed by atoms with Crippen LogP contribution in [0.15, 0.2) is 47.6 Å². The molecular formula is C24H33FN2O2. The Morgan fingerprint density at radius 2 is 1.59 bits per heavy atom. The smallest absolute Gasteiger partial charge is 0.161 e. The number of rotatable bonds is 14. The molecule has 0 aliphatic heterocycles. The molecule has 0 aromatic heterocycles. The molecular weight excluding hydrogens is 367 g/mol. The summed E-state index contributed by atoms with van der Waals surface area (Å²) in [4.78, 5) is 0. The fourth-order valence-corrected chi connectivity index (χ4v) is 2.94. The molecule has 0 atom stereocenters. The van der Waals surface area contributed by atoms with Crippen LogP contribution in [0.25, 0.3) is 0 Å². The van der Waals surface area contributed by atoms with Gasteiger partial charge in [0.15, 0.2) is 11.5 Å². The summed E-state index contributed by atoms with van der Waals surface area (Å²) < 4.78 is 24.6. The highest BCUT2D eigenvalue weighted by atomic mass is 19.1. The van der Waals surface area contributed by atoms with E-state index >= 15 is 0 Å². The Bertz CT molecular complexity index is 732. The van der Waals surface area contributed by atoms with Gasteiger partial charge in [-0.1, -0.05) is 45.4 Å². The van der Waals surface area contributed by atoms with Crippen molar-refractivity contribution < 1.29 is 13.9 Å². The van der Waals surface area contributed by atoms with Crippen LogP contribution in [0.1, 0.15) is 64.4 Å². The highest BCUT2D eigenvalue weighted by molar-refractivity contribution is 5.81. The average Bonchev–Trinajstić information content (AvgIpc) is 2.73. The first-order valence-corrected chi connectivity index (χ1v) is 10.7. The number of hydrazone groups is 1. The summed E-state index contributed by atoms with van der Waals surface area (Å²) in [5, 5.41) is 4.20. The van der Waals surface area contributed by atoms with Crippen LogP contribution in [-0.2, 0) is 0 Å². The van der Waals surface area contributed by atoms with Crippen molar-refractivity contribution in [1.82, 2.24) is 0 Å². The zero-order valence-electron chi connectivity index (χ0n) is 17.6. The number of unbranched alkanes of at least 4 members (excludes halogenated alkanes) is 6. The number of anilines is 1. The molecule has 0 saturated carbocycles. The maximum atomic E-state index is 12.9. The van der Waals surface area contributed by atoms with E-state index in [0.717, 1.165) is 29.2 Å².